The molecular formula is C16H33N3O. The van der Waals surface area contributed by atoms with Gasteiger partial charge < -0.3 is 10.6 Å². The summed E-state index contributed by atoms with van der Waals surface area (Å²) in [5.74, 6) is 0.936. The van der Waals surface area contributed by atoms with Crippen LogP contribution in [0, 0.1) is 5.92 Å². The fraction of sp³-hybridized carbons (Fsp3) is 0.938. The number of nitrogens with zero attached hydrogens (tertiary/aromatic N) is 1. The van der Waals surface area contributed by atoms with Crippen LogP contribution in [-0.2, 0) is 4.79 Å². The molecule has 0 aromatic heterocycles. The molecule has 0 aromatic carbocycles. The van der Waals surface area contributed by atoms with Gasteiger partial charge >= 0.3 is 0 Å². The van der Waals surface area contributed by atoms with Crippen LogP contribution >= 0.6 is 0 Å². The summed E-state index contributed by atoms with van der Waals surface area (Å²) in [6.07, 6.45) is 4.59. The topological polar surface area (TPSA) is 44.4 Å². The Morgan fingerprint density at radius 2 is 1.75 bits per heavy atom. The van der Waals surface area contributed by atoms with Crippen molar-refractivity contribution in [1.29, 1.82) is 0 Å². The van der Waals surface area contributed by atoms with Crippen molar-refractivity contribution in [1.82, 2.24) is 15.5 Å². The zero-order valence-electron chi connectivity index (χ0n) is 13.7. The first-order chi connectivity index (χ1) is 9.60. The maximum absolute atomic E-state index is 12.0. The largest absolute Gasteiger partial charge is 0.355 e. The van der Waals surface area contributed by atoms with Crippen molar-refractivity contribution < 1.29 is 4.79 Å². The van der Waals surface area contributed by atoms with Gasteiger partial charge in [0.05, 0.1) is 6.04 Å². The first kappa shape index (κ1) is 17.4. The maximum atomic E-state index is 12.0. The zero-order chi connectivity index (χ0) is 15.0. The lowest BCUT2D eigenvalue weighted by atomic mass is 9.89. The Kier molecular flexibility index (Phi) is 8.15. The van der Waals surface area contributed by atoms with Gasteiger partial charge in [-0.2, -0.15) is 0 Å². The summed E-state index contributed by atoms with van der Waals surface area (Å²) in [7, 11) is 0. The minimum absolute atomic E-state index is 0.0152. The van der Waals surface area contributed by atoms with Gasteiger partial charge in [0, 0.05) is 12.6 Å². The number of amides is 1. The molecule has 1 saturated heterocycles. The van der Waals surface area contributed by atoms with Crippen molar-refractivity contribution in [3.63, 3.8) is 0 Å². The normalized spacial score (nSPS) is 20.6. The molecule has 4 nitrogen and oxygen atoms in total. The Balaban J connectivity index is 2.32. The highest BCUT2D eigenvalue weighted by atomic mass is 16.2. The summed E-state index contributed by atoms with van der Waals surface area (Å²) in [5.41, 5.74) is 0. The van der Waals surface area contributed by atoms with Crippen molar-refractivity contribution >= 4 is 5.91 Å². The van der Waals surface area contributed by atoms with E-state index in [2.05, 4.69) is 36.3 Å². The molecule has 0 spiro atoms. The Hall–Kier alpha value is -0.610. The average molecular weight is 283 g/mol. The van der Waals surface area contributed by atoms with E-state index in [-0.39, 0.29) is 11.9 Å². The molecule has 0 radical (unpaired) electrons. The summed E-state index contributed by atoms with van der Waals surface area (Å²) in [4.78, 5) is 14.3. The van der Waals surface area contributed by atoms with E-state index in [4.69, 9.17) is 0 Å². The van der Waals surface area contributed by atoms with Crippen LogP contribution in [0.5, 0.6) is 0 Å². The van der Waals surface area contributed by atoms with E-state index < -0.39 is 0 Å². The van der Waals surface area contributed by atoms with Gasteiger partial charge in [0.2, 0.25) is 5.91 Å². The van der Waals surface area contributed by atoms with E-state index in [1.165, 1.54) is 19.3 Å². The second-order valence-electron chi connectivity index (χ2n) is 6.08. The molecule has 20 heavy (non-hydrogen) atoms. The van der Waals surface area contributed by atoms with Crippen molar-refractivity contribution in [2.45, 2.75) is 65.5 Å². The molecule has 118 valence electrons. The lowest BCUT2D eigenvalue weighted by molar-refractivity contribution is -0.126. The standard InChI is InChI=1S/C16H33N3O/c1-5-9-17-13(3)15-7-11-19(12-8-15)14(4)16(20)18-10-6-2/h13-15,17H,5-12H2,1-4H3,(H,18,20). The van der Waals surface area contributed by atoms with Gasteiger partial charge in [0.15, 0.2) is 0 Å². The number of piperidine rings is 1. The van der Waals surface area contributed by atoms with Gasteiger partial charge in [-0.25, -0.2) is 0 Å². The molecule has 0 aromatic rings. The minimum atomic E-state index is 0.0152. The number of nitrogens with one attached hydrogen (secondary N) is 2. The molecule has 0 aliphatic carbocycles. The molecule has 1 rings (SSSR count). The van der Waals surface area contributed by atoms with Crippen molar-refractivity contribution in [3.8, 4) is 0 Å². The predicted molar refractivity (Wildman–Crippen MR) is 84.8 cm³/mol. The van der Waals surface area contributed by atoms with Crippen LogP contribution in [0.1, 0.15) is 53.4 Å². The van der Waals surface area contributed by atoms with Crippen molar-refractivity contribution in [2.75, 3.05) is 26.2 Å². The van der Waals surface area contributed by atoms with Gasteiger partial charge in [-0.3, -0.25) is 9.69 Å². The molecule has 0 saturated carbocycles. The van der Waals surface area contributed by atoms with Gasteiger partial charge in [-0.05, 0) is 65.1 Å². The number of likely N-dealkylation sites (tertiary alicyclic amines) is 1. The van der Waals surface area contributed by atoms with E-state index in [1.807, 2.05) is 6.92 Å². The second kappa shape index (κ2) is 9.35. The van der Waals surface area contributed by atoms with E-state index in [9.17, 15) is 4.79 Å². The third-order valence-electron chi connectivity index (χ3n) is 4.47. The first-order valence-electron chi connectivity index (χ1n) is 8.35. The van der Waals surface area contributed by atoms with Gasteiger partial charge in [-0.1, -0.05) is 13.8 Å². The summed E-state index contributed by atoms with van der Waals surface area (Å²) in [6, 6.07) is 0.614. The molecule has 1 aliphatic heterocycles. The number of carbonyl (C=O) groups excluding carboxylic acids is 1. The Morgan fingerprint density at radius 3 is 2.30 bits per heavy atom. The van der Waals surface area contributed by atoms with Crippen LogP contribution in [0.25, 0.3) is 0 Å². The Labute approximate surface area is 124 Å². The fourth-order valence-corrected chi connectivity index (χ4v) is 2.91. The fourth-order valence-electron chi connectivity index (χ4n) is 2.91. The van der Waals surface area contributed by atoms with E-state index in [0.29, 0.717) is 6.04 Å². The number of rotatable bonds is 8. The quantitative estimate of drug-likeness (QED) is 0.716. The smallest absolute Gasteiger partial charge is 0.237 e. The van der Waals surface area contributed by atoms with Crippen LogP contribution in [0.15, 0.2) is 0 Å². The SMILES string of the molecule is CCCNC(=O)C(C)N1CCC(C(C)NCCC)CC1. The summed E-state index contributed by atoms with van der Waals surface area (Å²) in [5, 5.41) is 6.60. The average Bonchev–Trinajstić information content (AvgIpc) is 2.49. The van der Waals surface area contributed by atoms with Crippen LogP contribution < -0.4 is 10.6 Å². The molecule has 2 N–H and O–H groups in total. The first-order valence-corrected chi connectivity index (χ1v) is 8.35. The molecule has 2 atom stereocenters. The highest BCUT2D eigenvalue weighted by molar-refractivity contribution is 5.81. The van der Waals surface area contributed by atoms with E-state index in [1.54, 1.807) is 0 Å². The lowest BCUT2D eigenvalue weighted by Gasteiger charge is -2.37. The Bertz CT molecular complexity index is 275. The second-order valence-corrected chi connectivity index (χ2v) is 6.08. The van der Waals surface area contributed by atoms with E-state index in [0.717, 1.165) is 38.5 Å². The number of hydrogen-bond acceptors (Lipinski definition) is 3. The molecule has 2 unspecified atom stereocenters. The summed E-state index contributed by atoms with van der Waals surface area (Å²) in [6.45, 7) is 12.6. The van der Waals surface area contributed by atoms with Gasteiger partial charge in [0.1, 0.15) is 0 Å². The predicted octanol–water partition coefficient (Wildman–Crippen LogP) is 2.00. The minimum Gasteiger partial charge on any atom is -0.355 e. The number of hydrogen-bond donors (Lipinski definition) is 2. The molecule has 1 amide bonds. The van der Waals surface area contributed by atoms with Gasteiger partial charge in [0.25, 0.3) is 0 Å². The van der Waals surface area contributed by atoms with Crippen LogP contribution in [0.2, 0.25) is 0 Å². The lowest BCUT2D eigenvalue weighted by Crippen LogP contribution is -2.50. The highest BCUT2D eigenvalue weighted by Crippen LogP contribution is 2.22. The zero-order valence-corrected chi connectivity index (χ0v) is 13.7. The summed E-state index contributed by atoms with van der Waals surface area (Å²) >= 11 is 0. The highest BCUT2D eigenvalue weighted by Gasteiger charge is 2.28. The van der Waals surface area contributed by atoms with Crippen LogP contribution in [0.4, 0.5) is 0 Å². The van der Waals surface area contributed by atoms with Crippen LogP contribution in [0.3, 0.4) is 0 Å². The van der Waals surface area contributed by atoms with E-state index >= 15 is 0 Å². The molecular weight excluding hydrogens is 250 g/mol. The Morgan fingerprint density at radius 1 is 1.15 bits per heavy atom. The van der Waals surface area contributed by atoms with Gasteiger partial charge in [-0.15, -0.1) is 0 Å². The molecule has 1 aliphatic rings. The van der Waals surface area contributed by atoms with Crippen molar-refractivity contribution in [3.05, 3.63) is 0 Å². The number of carbonyl (C=O) groups is 1. The van der Waals surface area contributed by atoms with Crippen LogP contribution in [-0.4, -0.2) is 49.1 Å². The monoisotopic (exact) mass is 283 g/mol. The molecule has 0 bridgehead atoms. The molecule has 4 heteroatoms. The third-order valence-corrected chi connectivity index (χ3v) is 4.47. The molecule has 1 heterocycles. The maximum Gasteiger partial charge on any atom is 0.237 e. The summed E-state index contributed by atoms with van der Waals surface area (Å²) < 4.78 is 0. The van der Waals surface area contributed by atoms with Crippen molar-refractivity contribution in [2.24, 2.45) is 5.92 Å². The third kappa shape index (κ3) is 5.41. The molecule has 1 fully saturated rings.